The molecule has 94 valence electrons. The van der Waals surface area contributed by atoms with Crippen molar-refractivity contribution in [3.05, 3.63) is 0 Å². The Morgan fingerprint density at radius 1 is 0.938 bits per heavy atom. The Kier molecular flexibility index (Phi) is 4.98. The average Bonchev–Trinajstić information content (AvgIpc) is 2.33. The summed E-state index contributed by atoms with van der Waals surface area (Å²) in [4.78, 5) is 0. The van der Waals surface area contributed by atoms with Crippen LogP contribution in [-0.2, 0) is 0 Å². The van der Waals surface area contributed by atoms with Crippen LogP contribution < -0.4 is 5.32 Å². The van der Waals surface area contributed by atoms with Gasteiger partial charge in [-0.05, 0) is 31.9 Å². The number of aliphatic hydroxyl groups excluding tert-OH is 1. The van der Waals surface area contributed by atoms with Crippen molar-refractivity contribution in [1.82, 2.24) is 5.32 Å². The minimum Gasteiger partial charge on any atom is -0.392 e. The highest BCUT2D eigenvalue weighted by Crippen LogP contribution is 2.29. The molecule has 2 saturated carbocycles. The fraction of sp³-hybridized carbons (Fsp3) is 1.00. The highest BCUT2D eigenvalue weighted by atomic mass is 32.2. The lowest BCUT2D eigenvalue weighted by molar-refractivity contribution is 0.0822. The second-order valence-corrected chi connectivity index (χ2v) is 6.37. The molecule has 0 aromatic heterocycles. The van der Waals surface area contributed by atoms with Gasteiger partial charge in [0.15, 0.2) is 0 Å². The fourth-order valence-corrected chi connectivity index (χ4v) is 4.10. The molecule has 2 N–H and O–H groups in total. The second kappa shape index (κ2) is 6.27. The van der Waals surface area contributed by atoms with E-state index in [0.29, 0.717) is 12.1 Å². The summed E-state index contributed by atoms with van der Waals surface area (Å²) in [5, 5.41) is 14.5. The van der Waals surface area contributed by atoms with Gasteiger partial charge in [0.25, 0.3) is 0 Å². The minimum atomic E-state index is -0.0989. The monoisotopic (exact) mass is 243 g/mol. The van der Waals surface area contributed by atoms with Crippen molar-refractivity contribution in [3.63, 3.8) is 0 Å². The summed E-state index contributed by atoms with van der Waals surface area (Å²) in [6.07, 6.45) is 12.2. The van der Waals surface area contributed by atoms with Gasteiger partial charge in [-0.2, -0.15) is 11.8 Å². The number of thioether (sulfide) groups is 1. The molecular weight excluding hydrogens is 218 g/mol. The Morgan fingerprint density at radius 2 is 1.56 bits per heavy atom. The van der Waals surface area contributed by atoms with Crippen molar-refractivity contribution in [2.75, 3.05) is 6.26 Å². The molecule has 3 heteroatoms. The van der Waals surface area contributed by atoms with Crippen LogP contribution in [0.2, 0.25) is 0 Å². The average molecular weight is 243 g/mol. The lowest BCUT2D eigenvalue weighted by atomic mass is 9.89. The van der Waals surface area contributed by atoms with Crippen molar-refractivity contribution < 1.29 is 5.11 Å². The first-order chi connectivity index (χ1) is 7.81. The van der Waals surface area contributed by atoms with Crippen LogP contribution >= 0.6 is 11.8 Å². The lowest BCUT2D eigenvalue weighted by Crippen LogP contribution is -2.51. The van der Waals surface area contributed by atoms with Gasteiger partial charge in [-0.15, -0.1) is 0 Å². The van der Waals surface area contributed by atoms with Crippen LogP contribution in [0.5, 0.6) is 0 Å². The van der Waals surface area contributed by atoms with Gasteiger partial charge in [-0.3, -0.25) is 0 Å². The Balaban J connectivity index is 1.86. The summed E-state index contributed by atoms with van der Waals surface area (Å²) in [7, 11) is 0. The van der Waals surface area contributed by atoms with Gasteiger partial charge in [-0.25, -0.2) is 0 Å². The number of hydrogen-bond acceptors (Lipinski definition) is 3. The van der Waals surface area contributed by atoms with Crippen molar-refractivity contribution in [1.29, 1.82) is 0 Å². The molecule has 0 aliphatic heterocycles. The highest BCUT2D eigenvalue weighted by Gasteiger charge is 2.30. The van der Waals surface area contributed by atoms with Gasteiger partial charge < -0.3 is 10.4 Å². The van der Waals surface area contributed by atoms with E-state index in [0.717, 1.165) is 11.7 Å². The first-order valence-electron chi connectivity index (χ1n) is 6.78. The predicted molar refractivity (Wildman–Crippen MR) is 71.0 cm³/mol. The Bertz CT molecular complexity index is 212. The van der Waals surface area contributed by atoms with E-state index in [2.05, 4.69) is 11.6 Å². The van der Waals surface area contributed by atoms with E-state index >= 15 is 0 Å². The molecule has 0 aromatic carbocycles. The maximum absolute atomic E-state index is 9.99. The van der Waals surface area contributed by atoms with Crippen molar-refractivity contribution in [2.24, 2.45) is 0 Å². The number of nitrogens with one attached hydrogen (secondary N) is 1. The summed E-state index contributed by atoms with van der Waals surface area (Å²) < 4.78 is 0. The number of hydrogen-bond donors (Lipinski definition) is 2. The van der Waals surface area contributed by atoms with Crippen molar-refractivity contribution in [3.8, 4) is 0 Å². The fourth-order valence-electron chi connectivity index (χ4n) is 3.15. The van der Waals surface area contributed by atoms with Crippen LogP contribution in [0.15, 0.2) is 0 Å². The third kappa shape index (κ3) is 3.14. The molecule has 16 heavy (non-hydrogen) atoms. The third-order valence-corrected chi connectivity index (χ3v) is 5.33. The zero-order valence-electron chi connectivity index (χ0n) is 10.3. The first kappa shape index (κ1) is 12.7. The van der Waals surface area contributed by atoms with Crippen LogP contribution in [-0.4, -0.2) is 34.8 Å². The van der Waals surface area contributed by atoms with Crippen LogP contribution in [0, 0.1) is 0 Å². The predicted octanol–water partition coefficient (Wildman–Crippen LogP) is 2.55. The molecule has 2 fully saturated rings. The number of aliphatic hydroxyl groups is 1. The third-order valence-electron chi connectivity index (χ3n) is 4.16. The summed E-state index contributed by atoms with van der Waals surface area (Å²) >= 11 is 2.00. The molecule has 4 atom stereocenters. The van der Waals surface area contributed by atoms with Crippen LogP contribution in [0.25, 0.3) is 0 Å². The van der Waals surface area contributed by atoms with Crippen LogP contribution in [0.1, 0.15) is 51.4 Å². The molecular formula is C13H25NOS. The van der Waals surface area contributed by atoms with E-state index in [1.807, 2.05) is 11.8 Å². The maximum Gasteiger partial charge on any atom is 0.0693 e. The molecule has 0 spiro atoms. The van der Waals surface area contributed by atoms with E-state index < -0.39 is 0 Å². The molecule has 0 heterocycles. The Morgan fingerprint density at radius 3 is 2.25 bits per heavy atom. The first-order valence-corrected chi connectivity index (χ1v) is 8.07. The normalized spacial score (nSPS) is 40.9. The van der Waals surface area contributed by atoms with E-state index in [-0.39, 0.29) is 6.10 Å². The van der Waals surface area contributed by atoms with Gasteiger partial charge in [0.05, 0.1) is 6.10 Å². The molecule has 2 unspecified atom stereocenters. The molecule has 2 nitrogen and oxygen atoms in total. The summed E-state index contributed by atoms with van der Waals surface area (Å²) in [5.74, 6) is 0. The molecule has 2 rings (SSSR count). The molecule has 0 radical (unpaired) electrons. The zero-order valence-corrected chi connectivity index (χ0v) is 11.1. The second-order valence-electron chi connectivity index (χ2n) is 5.29. The van der Waals surface area contributed by atoms with E-state index in [1.165, 1.54) is 44.9 Å². The topological polar surface area (TPSA) is 32.3 Å². The van der Waals surface area contributed by atoms with E-state index in [4.69, 9.17) is 0 Å². The summed E-state index contributed by atoms with van der Waals surface area (Å²) in [6.45, 7) is 0. The quantitative estimate of drug-likeness (QED) is 0.799. The Hall–Kier alpha value is 0.270. The standard InChI is InChI=1S/C13H25NOS/c1-16-13-9-5-3-7-11(13)14-10-6-2-4-8-12(10)15/h10-15H,2-9H2,1H3/t10-,11?,12-,13?/m0/s1. The molecule has 0 aromatic rings. The van der Waals surface area contributed by atoms with Crippen LogP contribution in [0.4, 0.5) is 0 Å². The molecule has 0 bridgehead atoms. The molecule has 0 amide bonds. The molecule has 2 aliphatic carbocycles. The lowest BCUT2D eigenvalue weighted by Gasteiger charge is -2.37. The number of rotatable bonds is 3. The largest absolute Gasteiger partial charge is 0.392 e. The molecule has 2 aliphatic rings. The zero-order chi connectivity index (χ0) is 11.4. The maximum atomic E-state index is 9.99. The van der Waals surface area contributed by atoms with Crippen LogP contribution in [0.3, 0.4) is 0 Å². The summed E-state index contributed by atoms with van der Waals surface area (Å²) in [5.41, 5.74) is 0. The van der Waals surface area contributed by atoms with Gasteiger partial charge in [0.2, 0.25) is 0 Å². The van der Waals surface area contributed by atoms with Gasteiger partial charge >= 0.3 is 0 Å². The van der Waals surface area contributed by atoms with Crippen molar-refractivity contribution >= 4 is 11.8 Å². The SMILES string of the molecule is CSC1CCCCC1N[C@H]1CCCC[C@@H]1O. The highest BCUT2D eigenvalue weighted by molar-refractivity contribution is 7.99. The van der Waals surface area contributed by atoms with Gasteiger partial charge in [0, 0.05) is 17.3 Å². The van der Waals surface area contributed by atoms with Gasteiger partial charge in [0.1, 0.15) is 0 Å². The minimum absolute atomic E-state index is 0.0989. The smallest absolute Gasteiger partial charge is 0.0693 e. The van der Waals surface area contributed by atoms with E-state index in [1.54, 1.807) is 0 Å². The Labute approximate surface area is 104 Å². The molecule has 0 saturated heterocycles. The van der Waals surface area contributed by atoms with E-state index in [9.17, 15) is 5.11 Å². The summed E-state index contributed by atoms with van der Waals surface area (Å²) in [6, 6.07) is 1.01. The van der Waals surface area contributed by atoms with Crippen molar-refractivity contribution in [2.45, 2.75) is 74.8 Å². The van der Waals surface area contributed by atoms with Gasteiger partial charge in [-0.1, -0.05) is 25.7 Å².